The first kappa shape index (κ1) is 14.0. The van der Waals surface area contributed by atoms with Crippen molar-refractivity contribution in [2.75, 3.05) is 0 Å². The average molecular weight is 292 g/mol. The molecule has 0 amide bonds. The van der Waals surface area contributed by atoms with Gasteiger partial charge < -0.3 is 4.74 Å². The van der Waals surface area contributed by atoms with E-state index < -0.39 is 4.92 Å². The summed E-state index contributed by atoms with van der Waals surface area (Å²) in [6, 6.07) is 10.9. The highest BCUT2D eigenvalue weighted by molar-refractivity contribution is 6.30. The zero-order valence-electron chi connectivity index (χ0n) is 10.3. The van der Waals surface area contributed by atoms with E-state index in [1.54, 1.807) is 24.3 Å². The van der Waals surface area contributed by atoms with E-state index in [1.165, 1.54) is 18.2 Å². The molecule has 0 N–H and O–H groups in total. The van der Waals surface area contributed by atoms with Gasteiger partial charge in [-0.05, 0) is 24.3 Å². The van der Waals surface area contributed by atoms with Gasteiger partial charge in [-0.15, -0.1) is 0 Å². The van der Waals surface area contributed by atoms with E-state index in [2.05, 4.69) is 0 Å². The summed E-state index contributed by atoms with van der Waals surface area (Å²) in [6.07, 6.45) is 0.668. The van der Waals surface area contributed by atoms with Gasteiger partial charge in [-0.25, -0.2) is 0 Å². The van der Waals surface area contributed by atoms with Gasteiger partial charge in [-0.2, -0.15) is 0 Å². The number of nitro benzene ring substituents is 1. The minimum atomic E-state index is -0.499. The van der Waals surface area contributed by atoms with E-state index in [4.69, 9.17) is 16.3 Å². The third kappa shape index (κ3) is 3.13. The molecule has 20 heavy (non-hydrogen) atoms. The minimum absolute atomic E-state index is 0.0400. The second kappa shape index (κ2) is 6.16. The maximum atomic E-state index is 10.9. The molecule has 0 aliphatic rings. The lowest BCUT2D eigenvalue weighted by Crippen LogP contribution is -2.02. The number of ether oxygens (including phenoxy) is 1. The first-order chi connectivity index (χ1) is 9.61. The Morgan fingerprint density at radius 1 is 1.25 bits per heavy atom. The zero-order valence-corrected chi connectivity index (χ0v) is 11.0. The van der Waals surface area contributed by atoms with Crippen LogP contribution in [0.2, 0.25) is 5.02 Å². The van der Waals surface area contributed by atoms with E-state index in [9.17, 15) is 14.9 Å². The number of para-hydroxylation sites is 1. The normalized spacial score (nSPS) is 10.1. The summed E-state index contributed by atoms with van der Waals surface area (Å²) in [5.41, 5.74) is 0.665. The van der Waals surface area contributed by atoms with Gasteiger partial charge in [0.2, 0.25) is 0 Å². The number of halogens is 1. The summed E-state index contributed by atoms with van der Waals surface area (Å²) in [5, 5.41) is 11.3. The van der Waals surface area contributed by atoms with Crippen molar-refractivity contribution in [3.63, 3.8) is 0 Å². The van der Waals surface area contributed by atoms with E-state index in [-0.39, 0.29) is 12.3 Å². The van der Waals surface area contributed by atoms with Gasteiger partial charge in [0.25, 0.3) is 5.69 Å². The largest absolute Gasteiger partial charge is 0.488 e. The van der Waals surface area contributed by atoms with Crippen LogP contribution in [0.4, 0.5) is 5.69 Å². The monoisotopic (exact) mass is 291 g/mol. The molecule has 2 rings (SSSR count). The SMILES string of the molecule is O=Cc1ccccc1OCc1cc(Cl)ccc1[N+](=O)[O-]. The van der Waals surface area contributed by atoms with E-state index in [0.29, 0.717) is 28.2 Å². The molecule has 102 valence electrons. The number of rotatable bonds is 5. The summed E-state index contributed by atoms with van der Waals surface area (Å²) in [4.78, 5) is 21.3. The van der Waals surface area contributed by atoms with Crippen molar-refractivity contribution in [2.45, 2.75) is 6.61 Å². The van der Waals surface area contributed by atoms with E-state index in [0.717, 1.165) is 0 Å². The number of hydrogen-bond donors (Lipinski definition) is 0. The number of benzene rings is 2. The summed E-state index contributed by atoms with van der Waals surface area (Å²) >= 11 is 5.83. The van der Waals surface area contributed by atoms with Crippen molar-refractivity contribution in [3.05, 3.63) is 68.7 Å². The van der Waals surface area contributed by atoms with Crippen LogP contribution >= 0.6 is 11.6 Å². The van der Waals surface area contributed by atoms with Crippen LogP contribution in [0.15, 0.2) is 42.5 Å². The number of carbonyl (C=O) groups is 1. The summed E-state index contributed by atoms with van der Waals surface area (Å²) < 4.78 is 5.47. The third-order valence-corrected chi connectivity index (χ3v) is 2.90. The molecule has 0 heterocycles. The molecule has 2 aromatic carbocycles. The van der Waals surface area contributed by atoms with Crippen LogP contribution in [0.5, 0.6) is 5.75 Å². The van der Waals surface area contributed by atoms with Crippen molar-refractivity contribution in [1.29, 1.82) is 0 Å². The quantitative estimate of drug-likeness (QED) is 0.479. The Labute approximate surface area is 119 Å². The highest BCUT2D eigenvalue weighted by Gasteiger charge is 2.15. The van der Waals surface area contributed by atoms with Gasteiger partial charge in [-0.3, -0.25) is 14.9 Å². The van der Waals surface area contributed by atoms with E-state index in [1.807, 2.05) is 0 Å². The Kier molecular flexibility index (Phi) is 4.32. The lowest BCUT2D eigenvalue weighted by molar-refractivity contribution is -0.385. The smallest absolute Gasteiger partial charge is 0.276 e. The second-order valence-corrected chi connectivity index (χ2v) is 4.41. The minimum Gasteiger partial charge on any atom is -0.488 e. The average Bonchev–Trinajstić information content (AvgIpc) is 2.45. The number of hydrogen-bond acceptors (Lipinski definition) is 4. The predicted octanol–water partition coefficient (Wildman–Crippen LogP) is 3.64. The first-order valence-electron chi connectivity index (χ1n) is 5.71. The molecule has 0 fully saturated rings. The Bertz CT molecular complexity index is 657. The number of aldehydes is 1. The lowest BCUT2D eigenvalue weighted by Gasteiger charge is -2.08. The standard InChI is InChI=1S/C14H10ClNO4/c15-12-5-6-13(16(18)19)11(7-12)9-20-14-4-2-1-3-10(14)8-17/h1-8H,9H2. The predicted molar refractivity (Wildman–Crippen MR) is 74.3 cm³/mol. The molecule has 0 radical (unpaired) electrons. The van der Waals surface area contributed by atoms with Crippen LogP contribution < -0.4 is 4.74 Å². The van der Waals surface area contributed by atoms with Gasteiger partial charge >= 0.3 is 0 Å². The van der Waals surface area contributed by atoms with Crippen molar-refractivity contribution < 1.29 is 14.5 Å². The van der Waals surface area contributed by atoms with Gasteiger partial charge in [0.1, 0.15) is 12.4 Å². The van der Waals surface area contributed by atoms with Crippen molar-refractivity contribution in [1.82, 2.24) is 0 Å². The van der Waals surface area contributed by atoms with Crippen LogP contribution in [-0.4, -0.2) is 11.2 Å². The molecule has 0 aliphatic carbocycles. The lowest BCUT2D eigenvalue weighted by atomic mass is 10.2. The van der Waals surface area contributed by atoms with Gasteiger partial charge in [0.05, 0.1) is 16.1 Å². The van der Waals surface area contributed by atoms with E-state index >= 15 is 0 Å². The molecule has 0 spiro atoms. The molecule has 0 bridgehead atoms. The maximum Gasteiger partial charge on any atom is 0.276 e. The summed E-state index contributed by atoms with van der Waals surface area (Å²) in [7, 11) is 0. The van der Waals surface area contributed by atoms with Crippen LogP contribution in [0, 0.1) is 10.1 Å². The van der Waals surface area contributed by atoms with Crippen molar-refractivity contribution in [3.8, 4) is 5.75 Å². The summed E-state index contributed by atoms with van der Waals surface area (Å²) in [6.45, 7) is -0.0400. The molecule has 0 atom stereocenters. The Hall–Kier alpha value is -2.40. The third-order valence-electron chi connectivity index (χ3n) is 2.67. The molecule has 0 saturated carbocycles. The molecule has 5 nitrogen and oxygen atoms in total. The fourth-order valence-corrected chi connectivity index (χ4v) is 1.91. The first-order valence-corrected chi connectivity index (χ1v) is 6.09. The molecule has 2 aromatic rings. The molecule has 0 aromatic heterocycles. The van der Waals surface area contributed by atoms with Crippen LogP contribution in [0.3, 0.4) is 0 Å². The Morgan fingerprint density at radius 3 is 2.70 bits per heavy atom. The molecular formula is C14H10ClNO4. The second-order valence-electron chi connectivity index (χ2n) is 3.97. The highest BCUT2D eigenvalue weighted by atomic mass is 35.5. The molecule has 0 unspecified atom stereocenters. The number of nitrogens with zero attached hydrogens (tertiary/aromatic N) is 1. The van der Waals surface area contributed by atoms with Crippen molar-refractivity contribution >= 4 is 23.6 Å². The Balaban J connectivity index is 2.24. The van der Waals surface area contributed by atoms with Crippen molar-refractivity contribution in [2.24, 2.45) is 0 Å². The van der Waals surface area contributed by atoms with Gasteiger partial charge in [0, 0.05) is 11.1 Å². The molecule has 0 saturated heterocycles. The highest BCUT2D eigenvalue weighted by Crippen LogP contribution is 2.25. The van der Waals surface area contributed by atoms with Crippen LogP contribution in [0.25, 0.3) is 0 Å². The molecule has 6 heteroatoms. The fourth-order valence-electron chi connectivity index (χ4n) is 1.71. The fraction of sp³-hybridized carbons (Fsp3) is 0.0714. The molecular weight excluding hydrogens is 282 g/mol. The van der Waals surface area contributed by atoms with Crippen LogP contribution in [-0.2, 0) is 6.61 Å². The molecule has 0 aliphatic heterocycles. The number of nitro groups is 1. The number of carbonyl (C=O) groups excluding carboxylic acids is 1. The maximum absolute atomic E-state index is 10.9. The summed E-state index contributed by atoms with van der Waals surface area (Å²) in [5.74, 6) is 0.372. The van der Waals surface area contributed by atoms with Gasteiger partial charge in [-0.1, -0.05) is 23.7 Å². The zero-order chi connectivity index (χ0) is 14.5. The topological polar surface area (TPSA) is 69.4 Å². The van der Waals surface area contributed by atoms with Crippen LogP contribution in [0.1, 0.15) is 15.9 Å². The van der Waals surface area contributed by atoms with Gasteiger partial charge in [0.15, 0.2) is 6.29 Å². The Morgan fingerprint density at radius 2 is 2.00 bits per heavy atom.